The van der Waals surface area contributed by atoms with Crippen LogP contribution in [0.25, 0.3) is 0 Å². The van der Waals surface area contributed by atoms with Gasteiger partial charge in [-0.2, -0.15) is 0 Å². The molecule has 1 aromatic rings. The third-order valence-corrected chi connectivity index (χ3v) is 4.60. The lowest BCUT2D eigenvalue weighted by molar-refractivity contribution is 0.230. The van der Waals surface area contributed by atoms with E-state index in [2.05, 4.69) is 10.6 Å². The maximum atomic E-state index is 13.3. The molecule has 2 amide bonds. The molecule has 3 N–H and O–H groups in total. The van der Waals surface area contributed by atoms with E-state index in [9.17, 15) is 9.18 Å². The van der Waals surface area contributed by atoms with Gasteiger partial charge in [-0.3, -0.25) is 0 Å². The number of urea groups is 1. The molecule has 0 radical (unpaired) electrons. The Kier molecular flexibility index (Phi) is 4.16. The molecule has 3 rings (SSSR count). The lowest BCUT2D eigenvalue weighted by Crippen LogP contribution is -2.43. The highest BCUT2D eigenvalue weighted by atomic mass is 19.1. The van der Waals surface area contributed by atoms with Gasteiger partial charge in [0.25, 0.3) is 0 Å². The molecule has 22 heavy (non-hydrogen) atoms. The molecule has 4 nitrogen and oxygen atoms in total. The first-order valence-corrected chi connectivity index (χ1v) is 7.71. The topological polar surface area (TPSA) is 61.4 Å². The number of aliphatic hydroxyl groups is 1. The Morgan fingerprint density at radius 2 is 2.18 bits per heavy atom. The van der Waals surface area contributed by atoms with Crippen LogP contribution in [0.1, 0.15) is 24.8 Å². The van der Waals surface area contributed by atoms with Crippen molar-refractivity contribution in [3.05, 3.63) is 47.8 Å². The van der Waals surface area contributed by atoms with Crippen molar-refractivity contribution in [2.24, 2.45) is 5.92 Å². The van der Waals surface area contributed by atoms with E-state index >= 15 is 0 Å². The second-order valence-corrected chi connectivity index (χ2v) is 6.29. The van der Waals surface area contributed by atoms with Crippen LogP contribution in [0.2, 0.25) is 0 Å². The van der Waals surface area contributed by atoms with E-state index in [1.54, 1.807) is 12.1 Å². The first kappa shape index (κ1) is 15.0. The van der Waals surface area contributed by atoms with Crippen LogP contribution >= 0.6 is 0 Å². The Labute approximate surface area is 129 Å². The third kappa shape index (κ3) is 3.30. The van der Waals surface area contributed by atoms with Crippen LogP contribution in [0.3, 0.4) is 0 Å². The first-order chi connectivity index (χ1) is 10.6. The molecule has 2 aliphatic rings. The maximum Gasteiger partial charge on any atom is 0.315 e. The summed E-state index contributed by atoms with van der Waals surface area (Å²) in [4.78, 5) is 12.0. The molecule has 1 aromatic carbocycles. The van der Waals surface area contributed by atoms with E-state index in [1.807, 2.05) is 18.2 Å². The number of rotatable bonds is 5. The van der Waals surface area contributed by atoms with E-state index in [-0.39, 0.29) is 35.8 Å². The van der Waals surface area contributed by atoms with Crippen molar-refractivity contribution in [2.45, 2.75) is 30.7 Å². The number of amides is 2. The summed E-state index contributed by atoms with van der Waals surface area (Å²) in [6, 6.07) is 6.38. The zero-order chi connectivity index (χ0) is 15.6. The van der Waals surface area contributed by atoms with E-state index < -0.39 is 0 Å². The minimum atomic E-state index is -0.237. The standard InChI is InChI=1S/C17H21FN2O2/c18-14-3-1-2-13(9-14)17(6-7-17)11-19-16(22)20-15-5-4-12(8-15)10-21/h1-5,9,12,15,21H,6-8,10-11H2,(H2,19,20,22)/t12-,15+/m0/s1. The summed E-state index contributed by atoms with van der Waals surface area (Å²) < 4.78 is 13.3. The number of hydrogen-bond acceptors (Lipinski definition) is 2. The summed E-state index contributed by atoms with van der Waals surface area (Å²) >= 11 is 0. The van der Waals surface area contributed by atoms with Crippen molar-refractivity contribution in [1.82, 2.24) is 10.6 Å². The largest absolute Gasteiger partial charge is 0.396 e. The number of carbonyl (C=O) groups is 1. The fourth-order valence-electron chi connectivity index (χ4n) is 3.02. The van der Waals surface area contributed by atoms with Crippen molar-refractivity contribution in [2.75, 3.05) is 13.2 Å². The van der Waals surface area contributed by atoms with Gasteiger partial charge in [-0.05, 0) is 37.0 Å². The van der Waals surface area contributed by atoms with Gasteiger partial charge in [0.2, 0.25) is 0 Å². The van der Waals surface area contributed by atoms with Crippen LogP contribution in [0.15, 0.2) is 36.4 Å². The molecule has 0 aliphatic heterocycles. The SMILES string of the molecule is O=C(NCC1(c2cccc(F)c2)CC1)N[C@@H]1C=C[C@H](CO)C1. The molecular formula is C17H21FN2O2. The average Bonchev–Trinajstić information content (AvgIpc) is 3.18. The fraction of sp³-hybridized carbons (Fsp3) is 0.471. The molecule has 2 atom stereocenters. The minimum Gasteiger partial charge on any atom is -0.396 e. The smallest absolute Gasteiger partial charge is 0.315 e. The van der Waals surface area contributed by atoms with Crippen LogP contribution in [0.4, 0.5) is 9.18 Å². The van der Waals surface area contributed by atoms with Crippen LogP contribution in [0, 0.1) is 11.7 Å². The van der Waals surface area contributed by atoms with Crippen molar-refractivity contribution < 1.29 is 14.3 Å². The molecule has 118 valence electrons. The Hall–Kier alpha value is -1.88. The summed E-state index contributed by atoms with van der Waals surface area (Å²) in [5, 5.41) is 14.9. The Balaban J connectivity index is 1.50. The Morgan fingerprint density at radius 3 is 2.82 bits per heavy atom. The Morgan fingerprint density at radius 1 is 1.36 bits per heavy atom. The molecule has 0 heterocycles. The molecule has 0 spiro atoms. The average molecular weight is 304 g/mol. The van der Waals surface area contributed by atoms with Crippen LogP contribution in [0.5, 0.6) is 0 Å². The molecule has 5 heteroatoms. The second-order valence-electron chi connectivity index (χ2n) is 6.29. The predicted molar refractivity (Wildman–Crippen MR) is 82.0 cm³/mol. The van der Waals surface area contributed by atoms with Gasteiger partial charge in [-0.1, -0.05) is 24.3 Å². The molecule has 2 aliphatic carbocycles. The number of hydrogen-bond donors (Lipinski definition) is 3. The molecule has 0 saturated heterocycles. The number of nitrogens with one attached hydrogen (secondary N) is 2. The van der Waals surface area contributed by atoms with Gasteiger partial charge in [0.1, 0.15) is 5.82 Å². The summed E-state index contributed by atoms with van der Waals surface area (Å²) in [5.41, 5.74) is 0.840. The van der Waals surface area contributed by atoms with E-state index in [0.717, 1.165) is 24.8 Å². The highest BCUT2D eigenvalue weighted by Gasteiger charge is 2.44. The molecule has 0 unspecified atom stereocenters. The van der Waals surface area contributed by atoms with Gasteiger partial charge in [-0.15, -0.1) is 0 Å². The van der Waals surface area contributed by atoms with Crippen LogP contribution in [-0.2, 0) is 5.41 Å². The zero-order valence-corrected chi connectivity index (χ0v) is 12.4. The number of aliphatic hydroxyl groups excluding tert-OH is 1. The first-order valence-electron chi connectivity index (χ1n) is 7.71. The molecule has 0 aromatic heterocycles. The highest BCUT2D eigenvalue weighted by molar-refractivity contribution is 5.74. The van der Waals surface area contributed by atoms with Gasteiger partial charge in [0.05, 0.1) is 0 Å². The monoisotopic (exact) mass is 304 g/mol. The zero-order valence-electron chi connectivity index (χ0n) is 12.4. The van der Waals surface area contributed by atoms with E-state index in [0.29, 0.717) is 6.54 Å². The van der Waals surface area contributed by atoms with Gasteiger partial charge in [0.15, 0.2) is 0 Å². The number of halogens is 1. The molecule has 1 saturated carbocycles. The van der Waals surface area contributed by atoms with Crippen LogP contribution < -0.4 is 10.6 Å². The lowest BCUT2D eigenvalue weighted by atomic mass is 9.96. The van der Waals surface area contributed by atoms with Crippen molar-refractivity contribution >= 4 is 6.03 Å². The fourth-order valence-corrected chi connectivity index (χ4v) is 3.02. The van der Waals surface area contributed by atoms with Gasteiger partial charge in [-0.25, -0.2) is 9.18 Å². The third-order valence-electron chi connectivity index (χ3n) is 4.60. The highest BCUT2D eigenvalue weighted by Crippen LogP contribution is 2.47. The van der Waals surface area contributed by atoms with E-state index in [1.165, 1.54) is 6.07 Å². The van der Waals surface area contributed by atoms with Gasteiger partial charge in [0, 0.05) is 30.5 Å². The van der Waals surface area contributed by atoms with Gasteiger partial charge >= 0.3 is 6.03 Å². The van der Waals surface area contributed by atoms with Crippen molar-refractivity contribution in [3.8, 4) is 0 Å². The summed E-state index contributed by atoms with van der Waals surface area (Å²) in [5.74, 6) is -0.105. The summed E-state index contributed by atoms with van der Waals surface area (Å²) in [6.07, 6.45) is 6.51. The second kappa shape index (κ2) is 6.08. The summed E-state index contributed by atoms with van der Waals surface area (Å²) in [7, 11) is 0. The summed E-state index contributed by atoms with van der Waals surface area (Å²) in [6.45, 7) is 0.626. The van der Waals surface area contributed by atoms with Crippen molar-refractivity contribution in [3.63, 3.8) is 0 Å². The van der Waals surface area contributed by atoms with E-state index in [4.69, 9.17) is 5.11 Å². The lowest BCUT2D eigenvalue weighted by Gasteiger charge is -2.18. The van der Waals surface area contributed by atoms with Crippen molar-refractivity contribution in [1.29, 1.82) is 0 Å². The number of benzene rings is 1. The van der Waals surface area contributed by atoms with Crippen LogP contribution in [-0.4, -0.2) is 30.3 Å². The normalized spacial score (nSPS) is 25.0. The maximum absolute atomic E-state index is 13.3. The molecule has 0 bridgehead atoms. The number of carbonyl (C=O) groups excluding carboxylic acids is 1. The molecular weight excluding hydrogens is 283 g/mol. The quantitative estimate of drug-likeness (QED) is 0.730. The van der Waals surface area contributed by atoms with Gasteiger partial charge < -0.3 is 15.7 Å². The minimum absolute atomic E-state index is 0.0264. The molecule has 1 fully saturated rings. The Bertz CT molecular complexity index is 584. The predicted octanol–water partition coefficient (Wildman–Crippen LogP) is 2.09.